The summed E-state index contributed by atoms with van der Waals surface area (Å²) in [5, 5.41) is 20.0. The highest BCUT2D eigenvalue weighted by Crippen LogP contribution is 2.46. The van der Waals surface area contributed by atoms with Crippen molar-refractivity contribution in [1.82, 2.24) is 25.2 Å². The topological polar surface area (TPSA) is 215 Å². The van der Waals surface area contributed by atoms with Gasteiger partial charge in [-0.25, -0.2) is 13.4 Å². The lowest BCUT2D eigenvalue weighted by Gasteiger charge is -2.30. The number of fused-ring (bicyclic) bond motifs is 4. The maximum absolute atomic E-state index is 14.7. The minimum atomic E-state index is -3.92. The minimum Gasteiger partial charge on any atom is -0.494 e. The average Bonchev–Trinajstić information content (AvgIpc) is 4.12. The van der Waals surface area contributed by atoms with Gasteiger partial charge in [-0.3, -0.25) is 23.9 Å². The first-order chi connectivity index (χ1) is 28.3. The summed E-state index contributed by atoms with van der Waals surface area (Å²) in [5.74, 6) is -2.19. The third kappa shape index (κ3) is 8.72. The van der Waals surface area contributed by atoms with Gasteiger partial charge < -0.3 is 40.0 Å². The summed E-state index contributed by atoms with van der Waals surface area (Å²) in [7, 11) is -3.45. The molecule has 0 spiro atoms. The zero-order valence-corrected chi connectivity index (χ0v) is 34.0. The van der Waals surface area contributed by atoms with Crippen molar-refractivity contribution < 1.29 is 46.7 Å². The lowest BCUT2D eigenvalue weighted by atomic mass is 9.79. The number of nitrogens with zero attached hydrogens (tertiary/aromatic N) is 2. The standard InChI is InChI=1S/C40H46BClN6O10S/c1-56-34-19-44-37(30-15-25(42)10-14-29(30)34)58-27-17-33-36(50)46-40(39(52)47-59(54,55)28-12-13-28)18-24(40)7-5-3-2-4-6-8-32(38(51)48(33)21-27)45-35(49)20-43-26-11-9-23-22-57-41(53)31(23)16-26/h5,7,9-11,14-16,19,24,27-28,32-33,43,53H,2-4,6,8,12-13,17-18,20-22H2,1H3,(H,45,49)(H,46,50)(H,47,52)/b7-5-/t24-,27-,32-,33+,40-/m1/s1. The number of carbonyl (C=O) groups is 4. The average molecular weight is 849 g/mol. The number of methoxy groups -OCH3 is 1. The van der Waals surface area contributed by atoms with Crippen LogP contribution < -0.4 is 35.6 Å². The maximum Gasteiger partial charge on any atom is 0.491 e. The Kier molecular flexibility index (Phi) is 11.5. The summed E-state index contributed by atoms with van der Waals surface area (Å²) >= 11 is 6.37. The Bertz CT molecular complexity index is 2310. The van der Waals surface area contributed by atoms with Crippen LogP contribution in [0.2, 0.25) is 5.02 Å². The molecule has 312 valence electrons. The number of nitrogens with one attached hydrogen (secondary N) is 4. The Morgan fingerprint density at radius 2 is 1.95 bits per heavy atom. The van der Waals surface area contributed by atoms with Gasteiger partial charge in [0.2, 0.25) is 33.6 Å². The summed E-state index contributed by atoms with van der Waals surface area (Å²) in [6.07, 6.45) is 8.71. The Morgan fingerprint density at radius 1 is 1.12 bits per heavy atom. The van der Waals surface area contributed by atoms with Crippen molar-refractivity contribution in [2.45, 2.75) is 93.4 Å². The molecule has 2 aromatic carbocycles. The molecule has 16 nitrogen and oxygen atoms in total. The third-order valence-electron chi connectivity index (χ3n) is 11.7. The molecule has 1 aromatic heterocycles. The van der Waals surface area contributed by atoms with Crippen molar-refractivity contribution in [3.05, 3.63) is 65.3 Å². The van der Waals surface area contributed by atoms with Crippen molar-refractivity contribution in [3.8, 4) is 11.6 Å². The molecule has 2 aliphatic carbocycles. The fraction of sp³-hybridized carbons (Fsp3) is 0.475. The van der Waals surface area contributed by atoms with Crippen molar-refractivity contribution in [3.63, 3.8) is 0 Å². The smallest absolute Gasteiger partial charge is 0.491 e. The van der Waals surface area contributed by atoms with Crippen LogP contribution in [0.15, 0.2) is 54.7 Å². The van der Waals surface area contributed by atoms with Crippen molar-refractivity contribution >= 4 is 74.3 Å². The second-order valence-electron chi connectivity index (χ2n) is 15.9. The number of pyridine rings is 1. The van der Waals surface area contributed by atoms with Crippen LogP contribution in [0.3, 0.4) is 0 Å². The highest BCUT2D eigenvalue weighted by atomic mass is 35.5. The molecule has 5 N–H and O–H groups in total. The van der Waals surface area contributed by atoms with E-state index in [0.717, 1.165) is 18.4 Å². The van der Waals surface area contributed by atoms with Crippen LogP contribution in [0.5, 0.6) is 11.6 Å². The van der Waals surface area contributed by atoms with Gasteiger partial charge in [0.1, 0.15) is 29.5 Å². The van der Waals surface area contributed by atoms with E-state index in [0.29, 0.717) is 64.8 Å². The number of sulfonamides is 1. The van der Waals surface area contributed by atoms with Crippen LogP contribution in [0.1, 0.15) is 63.4 Å². The van der Waals surface area contributed by atoms with E-state index >= 15 is 0 Å². The zero-order chi connectivity index (χ0) is 41.5. The van der Waals surface area contributed by atoms with Crippen molar-refractivity contribution in [2.75, 3.05) is 25.5 Å². The molecule has 4 amide bonds. The molecule has 3 fully saturated rings. The Hall–Kier alpha value is -4.91. The Labute approximate surface area is 346 Å². The maximum atomic E-state index is 14.7. The normalized spacial score (nSPS) is 26.4. The number of hydrogen-bond donors (Lipinski definition) is 5. The molecule has 8 rings (SSSR count). The van der Waals surface area contributed by atoms with Crippen LogP contribution in [0.25, 0.3) is 10.8 Å². The van der Waals surface area contributed by atoms with Crippen LogP contribution in [0.4, 0.5) is 5.69 Å². The number of aromatic nitrogens is 1. The van der Waals surface area contributed by atoms with E-state index in [1.165, 1.54) is 18.2 Å². The number of halogens is 1. The predicted molar refractivity (Wildman–Crippen MR) is 218 cm³/mol. The fourth-order valence-corrected chi connectivity index (χ4v) is 9.71. The molecular weight excluding hydrogens is 803 g/mol. The number of rotatable bonds is 10. The molecule has 3 aromatic rings. The fourth-order valence-electron chi connectivity index (χ4n) is 8.18. The molecule has 5 atom stereocenters. The van der Waals surface area contributed by atoms with E-state index in [1.54, 1.807) is 30.3 Å². The van der Waals surface area contributed by atoms with Crippen LogP contribution in [-0.2, 0) is 40.5 Å². The number of carbonyl (C=O) groups excluding carboxylic acids is 4. The van der Waals surface area contributed by atoms with Crippen LogP contribution in [0, 0.1) is 5.92 Å². The van der Waals surface area contributed by atoms with E-state index in [4.69, 9.17) is 25.7 Å². The molecule has 19 heteroatoms. The summed E-state index contributed by atoms with van der Waals surface area (Å²) in [6, 6.07) is 8.31. The van der Waals surface area contributed by atoms with E-state index in [9.17, 15) is 32.6 Å². The molecule has 2 saturated carbocycles. The highest BCUT2D eigenvalue weighted by Gasteiger charge is 2.62. The van der Waals surface area contributed by atoms with Gasteiger partial charge >= 0.3 is 7.12 Å². The van der Waals surface area contributed by atoms with Gasteiger partial charge in [-0.15, -0.1) is 0 Å². The zero-order valence-electron chi connectivity index (χ0n) is 32.4. The van der Waals surface area contributed by atoms with Gasteiger partial charge in [0.25, 0.3) is 5.91 Å². The van der Waals surface area contributed by atoms with Crippen LogP contribution in [-0.4, -0.2) is 103 Å². The van der Waals surface area contributed by atoms with Gasteiger partial charge in [-0.05, 0) is 79.9 Å². The number of hydrogen-bond acceptors (Lipinski definition) is 12. The lowest BCUT2D eigenvalue weighted by Crippen LogP contribution is -2.58. The molecule has 1 saturated heterocycles. The quantitative estimate of drug-likeness (QED) is 0.147. The van der Waals surface area contributed by atoms with Gasteiger partial charge in [0.05, 0.1) is 38.3 Å². The second-order valence-corrected chi connectivity index (χ2v) is 18.3. The summed E-state index contributed by atoms with van der Waals surface area (Å²) < 4.78 is 45.2. The first-order valence-electron chi connectivity index (χ1n) is 19.9. The molecule has 3 aliphatic heterocycles. The van der Waals surface area contributed by atoms with Gasteiger partial charge in [-0.1, -0.05) is 42.7 Å². The summed E-state index contributed by atoms with van der Waals surface area (Å²) in [6.45, 7) is 0.0499. The largest absolute Gasteiger partial charge is 0.494 e. The molecule has 4 heterocycles. The van der Waals surface area contributed by atoms with Crippen LogP contribution >= 0.6 is 11.6 Å². The molecule has 0 bridgehead atoms. The summed E-state index contributed by atoms with van der Waals surface area (Å²) in [5.41, 5.74) is 0.512. The monoisotopic (exact) mass is 848 g/mol. The van der Waals surface area contributed by atoms with E-state index in [1.807, 2.05) is 18.2 Å². The first-order valence-corrected chi connectivity index (χ1v) is 21.9. The van der Waals surface area contributed by atoms with Gasteiger partial charge in [0, 0.05) is 33.8 Å². The summed E-state index contributed by atoms with van der Waals surface area (Å²) in [4.78, 5) is 62.3. The van der Waals surface area contributed by atoms with E-state index in [-0.39, 0.29) is 38.4 Å². The number of amides is 4. The number of anilines is 1. The number of allylic oxidation sites excluding steroid dienone is 1. The van der Waals surface area contributed by atoms with Crippen molar-refractivity contribution in [1.29, 1.82) is 0 Å². The molecule has 0 radical (unpaired) electrons. The van der Waals surface area contributed by atoms with E-state index in [2.05, 4.69) is 25.7 Å². The molecular formula is C40H46BClN6O10S. The molecule has 5 aliphatic rings. The molecule has 0 unspecified atom stereocenters. The SMILES string of the molecule is COc1cnc(O[C@@H]2C[C@H]3C(=O)N[C@]4(C(=O)NS(=O)(=O)C5CC5)C[C@H]4/C=C\CCCCC[C@@H](NC(=O)CNc4ccc5c(c4)B(O)OC5)C(=O)N3C2)c2cc(Cl)ccc12. The minimum absolute atomic E-state index is 0.00202. The first kappa shape index (κ1) is 40.9. The second kappa shape index (κ2) is 16.6. The number of ether oxygens (including phenoxy) is 2. The lowest BCUT2D eigenvalue weighted by molar-refractivity contribution is -0.142. The Balaban J connectivity index is 1.06. The van der Waals surface area contributed by atoms with E-state index < -0.39 is 75.7 Å². The highest BCUT2D eigenvalue weighted by molar-refractivity contribution is 7.91. The van der Waals surface area contributed by atoms with Gasteiger partial charge in [0.15, 0.2) is 0 Å². The third-order valence-corrected chi connectivity index (χ3v) is 13.8. The number of benzene rings is 2. The van der Waals surface area contributed by atoms with Gasteiger partial charge in [-0.2, -0.15) is 0 Å². The molecule has 59 heavy (non-hydrogen) atoms. The predicted octanol–water partition coefficient (Wildman–Crippen LogP) is 2.06. The Morgan fingerprint density at radius 3 is 2.75 bits per heavy atom. The van der Waals surface area contributed by atoms with Crippen molar-refractivity contribution in [2.24, 2.45) is 5.92 Å².